The van der Waals surface area contributed by atoms with E-state index in [2.05, 4.69) is 0 Å². The molecule has 0 aromatic rings. The molecule has 0 bridgehead atoms. The Morgan fingerprint density at radius 3 is 2.70 bits per heavy atom. The zero-order chi connectivity index (χ0) is 7.40. The highest BCUT2D eigenvalue weighted by atomic mass is 16.7. The van der Waals surface area contributed by atoms with Gasteiger partial charge in [0.05, 0.1) is 19.3 Å². The lowest BCUT2D eigenvalue weighted by atomic mass is 10.3. The summed E-state index contributed by atoms with van der Waals surface area (Å²) in [5.74, 6) is 0. The summed E-state index contributed by atoms with van der Waals surface area (Å²) in [4.78, 5) is 0. The van der Waals surface area contributed by atoms with Gasteiger partial charge < -0.3 is 14.2 Å². The number of ether oxygens (including phenoxy) is 3. The fourth-order valence-corrected chi connectivity index (χ4v) is 1.00. The molecule has 0 saturated carbocycles. The van der Waals surface area contributed by atoms with E-state index in [0.29, 0.717) is 13.2 Å². The van der Waals surface area contributed by atoms with Crippen LogP contribution in [-0.2, 0) is 14.2 Å². The number of rotatable bonds is 1. The third kappa shape index (κ3) is 2.25. The van der Waals surface area contributed by atoms with Crippen LogP contribution in [0.15, 0.2) is 0 Å². The summed E-state index contributed by atoms with van der Waals surface area (Å²) in [6.07, 6.45) is 1.01. The summed E-state index contributed by atoms with van der Waals surface area (Å²) < 4.78 is 15.6. The molecular formula is C7H14O3. The van der Waals surface area contributed by atoms with Gasteiger partial charge in [-0.1, -0.05) is 0 Å². The number of hydrogen-bond acceptors (Lipinski definition) is 3. The van der Waals surface area contributed by atoms with Crippen LogP contribution in [0.5, 0.6) is 0 Å². The van der Waals surface area contributed by atoms with Crippen LogP contribution in [0.4, 0.5) is 0 Å². The summed E-state index contributed by atoms with van der Waals surface area (Å²) >= 11 is 0. The third-order valence-electron chi connectivity index (χ3n) is 1.58. The molecule has 0 radical (unpaired) electrons. The van der Waals surface area contributed by atoms with E-state index in [4.69, 9.17) is 14.2 Å². The van der Waals surface area contributed by atoms with Gasteiger partial charge in [-0.25, -0.2) is 0 Å². The molecule has 2 atom stereocenters. The van der Waals surface area contributed by atoms with E-state index < -0.39 is 0 Å². The van der Waals surface area contributed by atoms with Crippen molar-refractivity contribution in [2.75, 3.05) is 20.3 Å². The lowest BCUT2D eigenvalue weighted by Crippen LogP contribution is -2.18. The van der Waals surface area contributed by atoms with Crippen LogP contribution in [0.3, 0.4) is 0 Å². The summed E-state index contributed by atoms with van der Waals surface area (Å²) in [6, 6.07) is 0. The summed E-state index contributed by atoms with van der Waals surface area (Å²) in [5.41, 5.74) is 0. The van der Waals surface area contributed by atoms with Gasteiger partial charge in [-0.15, -0.1) is 0 Å². The maximum atomic E-state index is 5.33. The van der Waals surface area contributed by atoms with E-state index in [-0.39, 0.29) is 12.4 Å². The van der Waals surface area contributed by atoms with Crippen molar-refractivity contribution in [1.82, 2.24) is 0 Å². The van der Waals surface area contributed by atoms with E-state index >= 15 is 0 Å². The molecular weight excluding hydrogens is 132 g/mol. The zero-order valence-corrected chi connectivity index (χ0v) is 6.50. The van der Waals surface area contributed by atoms with E-state index in [9.17, 15) is 0 Å². The van der Waals surface area contributed by atoms with E-state index in [1.165, 1.54) is 0 Å². The number of hydrogen-bond donors (Lipinski definition) is 0. The Kier molecular flexibility index (Phi) is 3.12. The molecule has 10 heavy (non-hydrogen) atoms. The summed E-state index contributed by atoms with van der Waals surface area (Å²) in [6.45, 7) is 3.35. The van der Waals surface area contributed by atoms with Crippen molar-refractivity contribution < 1.29 is 14.2 Å². The van der Waals surface area contributed by atoms with E-state index in [1.807, 2.05) is 6.92 Å². The van der Waals surface area contributed by atoms with Crippen LogP contribution in [0.2, 0.25) is 0 Å². The average molecular weight is 146 g/mol. The molecule has 1 aliphatic heterocycles. The largest absolute Gasteiger partial charge is 0.376 e. The average Bonchev–Trinajstić information content (AvgIpc) is 2.13. The van der Waals surface area contributed by atoms with E-state index in [0.717, 1.165) is 6.42 Å². The predicted molar refractivity (Wildman–Crippen MR) is 36.8 cm³/mol. The van der Waals surface area contributed by atoms with Crippen molar-refractivity contribution in [2.45, 2.75) is 25.7 Å². The summed E-state index contributed by atoms with van der Waals surface area (Å²) in [7, 11) is 1.66. The second kappa shape index (κ2) is 3.91. The monoisotopic (exact) mass is 146 g/mol. The Morgan fingerprint density at radius 2 is 2.00 bits per heavy atom. The highest BCUT2D eigenvalue weighted by Gasteiger charge is 2.16. The Morgan fingerprint density at radius 1 is 1.30 bits per heavy atom. The lowest BCUT2D eigenvalue weighted by Gasteiger charge is -2.13. The molecule has 0 unspecified atom stereocenters. The molecule has 0 amide bonds. The Hall–Kier alpha value is -0.120. The van der Waals surface area contributed by atoms with Crippen molar-refractivity contribution in [2.24, 2.45) is 0 Å². The molecule has 3 heteroatoms. The predicted octanol–water partition coefficient (Wildman–Crippen LogP) is 0.784. The van der Waals surface area contributed by atoms with Crippen LogP contribution in [-0.4, -0.2) is 32.7 Å². The van der Waals surface area contributed by atoms with Crippen molar-refractivity contribution in [3.05, 3.63) is 0 Å². The van der Waals surface area contributed by atoms with Gasteiger partial charge in [-0.05, 0) is 6.92 Å². The second-order valence-corrected chi connectivity index (χ2v) is 2.45. The van der Waals surface area contributed by atoms with Crippen molar-refractivity contribution in [3.63, 3.8) is 0 Å². The van der Waals surface area contributed by atoms with Crippen molar-refractivity contribution in [1.29, 1.82) is 0 Å². The molecule has 1 heterocycles. The molecule has 0 spiro atoms. The molecule has 3 nitrogen and oxygen atoms in total. The first-order valence-corrected chi connectivity index (χ1v) is 3.59. The highest BCUT2D eigenvalue weighted by Crippen LogP contribution is 2.10. The first-order valence-electron chi connectivity index (χ1n) is 3.59. The minimum Gasteiger partial charge on any atom is -0.376 e. The van der Waals surface area contributed by atoms with Gasteiger partial charge in [0.25, 0.3) is 0 Å². The molecule has 1 saturated heterocycles. The molecule has 0 aromatic heterocycles. The smallest absolute Gasteiger partial charge is 0.159 e. The topological polar surface area (TPSA) is 27.7 Å². The molecule has 1 fully saturated rings. The molecule has 1 rings (SSSR count). The minimum absolute atomic E-state index is 0.0718. The molecule has 1 aliphatic rings. The SMILES string of the molecule is CO[C@H]1C[C@H](C)OCCO1. The third-order valence-corrected chi connectivity index (χ3v) is 1.58. The quantitative estimate of drug-likeness (QED) is 0.547. The van der Waals surface area contributed by atoms with Gasteiger partial charge in [0, 0.05) is 13.5 Å². The first kappa shape index (κ1) is 7.98. The standard InChI is InChI=1S/C7H14O3/c1-6-5-7(8-2)10-4-3-9-6/h6-7H,3-5H2,1-2H3/t6-,7+/m0/s1. The van der Waals surface area contributed by atoms with Gasteiger partial charge in [-0.3, -0.25) is 0 Å². The second-order valence-electron chi connectivity index (χ2n) is 2.45. The number of methoxy groups -OCH3 is 1. The molecule has 60 valence electrons. The fraction of sp³-hybridized carbons (Fsp3) is 1.00. The van der Waals surface area contributed by atoms with Crippen LogP contribution >= 0.6 is 0 Å². The van der Waals surface area contributed by atoms with Gasteiger partial charge >= 0.3 is 0 Å². The van der Waals surface area contributed by atoms with Gasteiger partial charge in [0.2, 0.25) is 0 Å². The minimum atomic E-state index is -0.0718. The fourth-order valence-electron chi connectivity index (χ4n) is 1.00. The first-order chi connectivity index (χ1) is 4.83. The molecule has 0 aromatic carbocycles. The summed E-state index contributed by atoms with van der Waals surface area (Å²) in [5, 5.41) is 0. The van der Waals surface area contributed by atoms with Crippen LogP contribution < -0.4 is 0 Å². The highest BCUT2D eigenvalue weighted by molar-refractivity contribution is 4.57. The Balaban J connectivity index is 2.30. The maximum Gasteiger partial charge on any atom is 0.159 e. The molecule has 0 aliphatic carbocycles. The van der Waals surface area contributed by atoms with Crippen molar-refractivity contribution in [3.8, 4) is 0 Å². The molecule has 0 N–H and O–H groups in total. The van der Waals surface area contributed by atoms with Crippen LogP contribution in [0.1, 0.15) is 13.3 Å². The van der Waals surface area contributed by atoms with Gasteiger partial charge in [0.1, 0.15) is 0 Å². The Labute approximate surface area is 61.3 Å². The van der Waals surface area contributed by atoms with Gasteiger partial charge in [0.15, 0.2) is 6.29 Å². The van der Waals surface area contributed by atoms with Crippen molar-refractivity contribution >= 4 is 0 Å². The van der Waals surface area contributed by atoms with Crippen LogP contribution in [0.25, 0.3) is 0 Å². The van der Waals surface area contributed by atoms with E-state index in [1.54, 1.807) is 7.11 Å². The lowest BCUT2D eigenvalue weighted by molar-refractivity contribution is -0.120. The normalized spacial score (nSPS) is 35.4. The van der Waals surface area contributed by atoms with Crippen LogP contribution in [0, 0.1) is 0 Å². The van der Waals surface area contributed by atoms with Gasteiger partial charge in [-0.2, -0.15) is 0 Å². The maximum absolute atomic E-state index is 5.33. The Bertz CT molecular complexity index is 94.9. The zero-order valence-electron chi connectivity index (χ0n) is 6.50.